The third-order valence-electron chi connectivity index (χ3n) is 6.78. The summed E-state index contributed by atoms with van der Waals surface area (Å²) in [6, 6.07) is 47.0. The molecule has 5 rings (SSSR count). The van der Waals surface area contributed by atoms with E-state index in [4.69, 9.17) is 5.84 Å². The molecule has 0 saturated heterocycles. The van der Waals surface area contributed by atoms with E-state index in [1.54, 1.807) is 5.01 Å². The van der Waals surface area contributed by atoms with Crippen LogP contribution in [0.3, 0.4) is 0 Å². The Labute approximate surface area is 226 Å². The van der Waals surface area contributed by atoms with Gasteiger partial charge in [0, 0.05) is 10.9 Å². The molecule has 5 aromatic carbocycles. The Hall–Kier alpha value is -3.99. The second kappa shape index (κ2) is 11.0. The van der Waals surface area contributed by atoms with E-state index in [1.807, 2.05) is 72.8 Å². The lowest BCUT2D eigenvalue weighted by Crippen LogP contribution is -2.55. The number of hydrogen-bond donors (Lipinski definition) is 2. The van der Waals surface area contributed by atoms with Crippen LogP contribution in [0.5, 0.6) is 0 Å². The number of alkyl halides is 1. The molecule has 0 saturated carbocycles. The third-order valence-corrected chi connectivity index (χ3v) is 7.43. The average molecular weight is 547 g/mol. The molecule has 182 valence electrons. The van der Waals surface area contributed by atoms with E-state index in [1.165, 1.54) is 5.56 Å². The van der Waals surface area contributed by atoms with E-state index in [-0.39, 0.29) is 5.84 Å². The van der Waals surface area contributed by atoms with Crippen molar-refractivity contribution in [1.82, 2.24) is 5.01 Å². The van der Waals surface area contributed by atoms with Gasteiger partial charge in [-0.2, -0.15) is 0 Å². The summed E-state index contributed by atoms with van der Waals surface area (Å²) in [5.74, 6) is 7.35. The van der Waals surface area contributed by atoms with Crippen molar-refractivity contribution in [1.29, 1.82) is 5.41 Å². The van der Waals surface area contributed by atoms with Gasteiger partial charge in [-0.05, 0) is 33.4 Å². The lowest BCUT2D eigenvalue weighted by atomic mass is 9.76. The highest BCUT2D eigenvalue weighted by molar-refractivity contribution is 9.08. The highest BCUT2D eigenvalue weighted by Crippen LogP contribution is 2.42. The van der Waals surface area contributed by atoms with E-state index in [0.717, 1.165) is 38.7 Å². The predicted octanol–water partition coefficient (Wildman–Crippen LogP) is 7.74. The van der Waals surface area contributed by atoms with E-state index in [2.05, 4.69) is 82.7 Å². The SMILES string of the molecule is N=C(c1ccccc1-c1ccc(CBr)cc1)N(N)C(c1ccccc1)(c1ccccc1)c1ccccc1. The molecule has 4 heteroatoms. The zero-order chi connectivity index (χ0) is 25.7. The first-order valence-electron chi connectivity index (χ1n) is 12.2. The van der Waals surface area contributed by atoms with Gasteiger partial charge < -0.3 is 0 Å². The molecular formula is C33H28BrN3. The van der Waals surface area contributed by atoms with Crippen molar-refractivity contribution in [2.75, 3.05) is 0 Å². The summed E-state index contributed by atoms with van der Waals surface area (Å²) in [6.45, 7) is 0. The Morgan fingerprint density at radius 2 is 1.05 bits per heavy atom. The molecule has 0 aromatic heterocycles. The smallest absolute Gasteiger partial charge is 0.144 e. The summed E-state index contributed by atoms with van der Waals surface area (Å²) in [7, 11) is 0. The molecular weight excluding hydrogens is 518 g/mol. The number of amidine groups is 1. The molecule has 0 spiro atoms. The van der Waals surface area contributed by atoms with Crippen LogP contribution in [0, 0.1) is 5.41 Å². The fraction of sp³-hybridized carbons (Fsp3) is 0.0606. The molecule has 5 aromatic rings. The zero-order valence-electron chi connectivity index (χ0n) is 20.4. The number of nitrogens with zero attached hydrogens (tertiary/aromatic N) is 1. The molecule has 0 amide bonds. The number of nitrogens with two attached hydrogens (primary N) is 1. The summed E-state index contributed by atoms with van der Waals surface area (Å²) in [5.41, 5.74) is 6.01. The summed E-state index contributed by atoms with van der Waals surface area (Å²) in [4.78, 5) is 0. The van der Waals surface area contributed by atoms with Crippen LogP contribution in [0.1, 0.15) is 27.8 Å². The maximum atomic E-state index is 9.50. The van der Waals surface area contributed by atoms with Gasteiger partial charge in [-0.15, -0.1) is 0 Å². The van der Waals surface area contributed by atoms with Crippen molar-refractivity contribution in [3.8, 4) is 11.1 Å². The van der Waals surface area contributed by atoms with E-state index in [0.29, 0.717) is 0 Å². The first-order chi connectivity index (χ1) is 18.2. The van der Waals surface area contributed by atoms with Gasteiger partial charge in [0.05, 0.1) is 0 Å². The molecule has 0 aliphatic heterocycles. The fourth-order valence-corrected chi connectivity index (χ4v) is 5.34. The van der Waals surface area contributed by atoms with Crippen LogP contribution >= 0.6 is 15.9 Å². The van der Waals surface area contributed by atoms with Gasteiger partial charge in [-0.3, -0.25) is 10.4 Å². The van der Waals surface area contributed by atoms with Crippen LogP contribution in [-0.2, 0) is 10.9 Å². The molecule has 0 atom stereocenters. The van der Waals surface area contributed by atoms with Gasteiger partial charge >= 0.3 is 0 Å². The molecule has 37 heavy (non-hydrogen) atoms. The highest BCUT2D eigenvalue weighted by Gasteiger charge is 2.43. The number of hydrazine groups is 1. The minimum Gasteiger partial charge on any atom is -0.283 e. The van der Waals surface area contributed by atoms with Crippen LogP contribution in [0.25, 0.3) is 11.1 Å². The Morgan fingerprint density at radius 1 is 0.622 bits per heavy atom. The van der Waals surface area contributed by atoms with Crippen molar-refractivity contribution < 1.29 is 0 Å². The van der Waals surface area contributed by atoms with E-state index in [9.17, 15) is 5.41 Å². The summed E-state index contributed by atoms with van der Waals surface area (Å²) in [5, 5.41) is 11.9. The number of benzene rings is 5. The Balaban J connectivity index is 1.72. The van der Waals surface area contributed by atoms with Crippen molar-refractivity contribution in [2.24, 2.45) is 5.84 Å². The maximum absolute atomic E-state index is 9.50. The number of nitrogens with one attached hydrogen (secondary N) is 1. The van der Waals surface area contributed by atoms with Crippen molar-refractivity contribution in [3.05, 3.63) is 167 Å². The number of rotatable bonds is 7. The maximum Gasteiger partial charge on any atom is 0.144 e. The Morgan fingerprint density at radius 3 is 1.51 bits per heavy atom. The monoisotopic (exact) mass is 545 g/mol. The number of hydrogen-bond acceptors (Lipinski definition) is 2. The van der Waals surface area contributed by atoms with Gasteiger partial charge in [-0.25, -0.2) is 5.84 Å². The molecule has 0 aliphatic rings. The van der Waals surface area contributed by atoms with Gasteiger partial charge in [0.1, 0.15) is 11.4 Å². The van der Waals surface area contributed by atoms with Gasteiger partial charge in [0.15, 0.2) is 0 Å². The van der Waals surface area contributed by atoms with Crippen molar-refractivity contribution in [3.63, 3.8) is 0 Å². The third kappa shape index (κ3) is 4.62. The van der Waals surface area contributed by atoms with Gasteiger partial charge in [0.2, 0.25) is 0 Å². The first kappa shape index (κ1) is 24.7. The largest absolute Gasteiger partial charge is 0.283 e. The molecule has 0 fully saturated rings. The van der Waals surface area contributed by atoms with Crippen LogP contribution in [0.4, 0.5) is 0 Å². The highest BCUT2D eigenvalue weighted by atomic mass is 79.9. The number of halogens is 1. The fourth-order valence-electron chi connectivity index (χ4n) is 4.97. The summed E-state index contributed by atoms with van der Waals surface area (Å²) >= 11 is 3.53. The Bertz CT molecular complexity index is 1370. The molecule has 0 heterocycles. The lowest BCUT2D eigenvalue weighted by molar-refractivity contribution is 0.272. The van der Waals surface area contributed by atoms with Gasteiger partial charge in [0.25, 0.3) is 0 Å². The normalized spacial score (nSPS) is 11.2. The van der Waals surface area contributed by atoms with Crippen LogP contribution < -0.4 is 5.84 Å². The molecule has 0 bridgehead atoms. The molecule has 3 nitrogen and oxygen atoms in total. The first-order valence-corrected chi connectivity index (χ1v) is 13.3. The topological polar surface area (TPSA) is 53.1 Å². The van der Waals surface area contributed by atoms with Crippen LogP contribution in [-0.4, -0.2) is 10.8 Å². The molecule has 0 unspecified atom stereocenters. The summed E-state index contributed by atoms with van der Waals surface area (Å²) < 4.78 is 0. The van der Waals surface area contributed by atoms with E-state index < -0.39 is 5.54 Å². The second-order valence-corrected chi connectivity index (χ2v) is 9.46. The Kier molecular flexibility index (Phi) is 7.31. The van der Waals surface area contributed by atoms with Crippen LogP contribution in [0.2, 0.25) is 0 Å². The van der Waals surface area contributed by atoms with E-state index >= 15 is 0 Å². The minimum atomic E-state index is -0.923. The lowest BCUT2D eigenvalue weighted by Gasteiger charge is -2.44. The van der Waals surface area contributed by atoms with Crippen LogP contribution in [0.15, 0.2) is 140 Å². The second-order valence-electron chi connectivity index (χ2n) is 8.90. The average Bonchev–Trinajstić information content (AvgIpc) is 2.99. The molecule has 3 N–H and O–H groups in total. The zero-order valence-corrected chi connectivity index (χ0v) is 22.0. The molecule has 0 aliphatic carbocycles. The van der Waals surface area contributed by atoms with Crippen molar-refractivity contribution >= 4 is 21.8 Å². The minimum absolute atomic E-state index is 0.233. The quantitative estimate of drug-likeness (QED) is 0.0548. The standard InChI is InChI=1S/C33H28BrN3/c34-24-25-20-22-26(23-21-25)30-18-10-11-19-31(30)32(35)37(36)33(27-12-4-1-5-13-27,28-14-6-2-7-15-28)29-16-8-3-9-17-29/h1-23,35H,24,36H2. The van der Waals surface area contributed by atoms with Gasteiger partial charge in [-0.1, -0.05) is 155 Å². The summed E-state index contributed by atoms with van der Waals surface area (Å²) in [6.07, 6.45) is 0. The molecule has 0 radical (unpaired) electrons. The van der Waals surface area contributed by atoms with Crippen molar-refractivity contribution in [2.45, 2.75) is 10.9 Å². The predicted molar refractivity (Wildman–Crippen MR) is 157 cm³/mol.